The van der Waals surface area contributed by atoms with Gasteiger partial charge in [-0.25, -0.2) is 4.79 Å². The van der Waals surface area contributed by atoms with Gasteiger partial charge in [-0.2, -0.15) is 0 Å². The maximum atomic E-state index is 10.7. The number of nitrogens with one attached hydrogen (secondary N) is 1. The number of methoxy groups -OCH3 is 1. The number of aliphatic hydroxyl groups is 1. The van der Waals surface area contributed by atoms with Crippen LogP contribution in [0.25, 0.3) is 0 Å². The summed E-state index contributed by atoms with van der Waals surface area (Å²) in [7, 11) is 1.33. The molecule has 0 aromatic carbocycles. The van der Waals surface area contributed by atoms with E-state index in [0.29, 0.717) is 12.5 Å². The predicted molar refractivity (Wildman–Crippen MR) is 59.2 cm³/mol. The van der Waals surface area contributed by atoms with Gasteiger partial charge in [0, 0.05) is 18.8 Å². The van der Waals surface area contributed by atoms with Crippen LogP contribution >= 0.6 is 0 Å². The Labute approximate surface area is 91.3 Å². The smallest absolute Gasteiger partial charge is 0.331 e. The Morgan fingerprint density at radius 2 is 2.07 bits per heavy atom. The number of rotatable bonds is 7. The van der Waals surface area contributed by atoms with E-state index in [1.54, 1.807) is 0 Å². The monoisotopic (exact) mass is 215 g/mol. The molecule has 0 aliphatic rings. The average Bonchev–Trinajstić information content (AvgIpc) is 2.25. The molecule has 0 amide bonds. The number of carbonyl (C=O) groups is 1. The molecule has 0 heterocycles. The van der Waals surface area contributed by atoms with Crippen molar-refractivity contribution in [3.05, 3.63) is 12.3 Å². The molecule has 0 aromatic heterocycles. The van der Waals surface area contributed by atoms with Gasteiger partial charge in [0.15, 0.2) is 0 Å². The molecule has 0 bridgehead atoms. The number of esters is 1. The van der Waals surface area contributed by atoms with Crippen molar-refractivity contribution in [1.82, 2.24) is 5.32 Å². The van der Waals surface area contributed by atoms with Crippen LogP contribution < -0.4 is 5.32 Å². The van der Waals surface area contributed by atoms with Gasteiger partial charge >= 0.3 is 5.97 Å². The summed E-state index contributed by atoms with van der Waals surface area (Å²) in [5.41, 5.74) is 0. The number of ether oxygens (including phenoxy) is 1. The van der Waals surface area contributed by atoms with Gasteiger partial charge in [-0.1, -0.05) is 26.7 Å². The molecule has 2 N–H and O–H groups in total. The zero-order valence-electron chi connectivity index (χ0n) is 9.69. The summed E-state index contributed by atoms with van der Waals surface area (Å²) < 4.78 is 4.42. The molecule has 4 nitrogen and oxygen atoms in total. The normalized spacial score (nSPS) is 13.1. The van der Waals surface area contributed by atoms with Crippen molar-refractivity contribution in [2.24, 2.45) is 5.92 Å². The second-order valence-corrected chi connectivity index (χ2v) is 3.41. The zero-order chi connectivity index (χ0) is 11.7. The Balaban J connectivity index is 3.75. The van der Waals surface area contributed by atoms with Crippen LogP contribution in [0.4, 0.5) is 0 Å². The maximum Gasteiger partial charge on any atom is 0.331 e. The first kappa shape index (κ1) is 14.0. The first-order chi connectivity index (χ1) is 7.15. The molecule has 88 valence electrons. The van der Waals surface area contributed by atoms with Crippen molar-refractivity contribution >= 4 is 5.97 Å². The van der Waals surface area contributed by atoms with Crippen LogP contribution in [0.5, 0.6) is 0 Å². The van der Waals surface area contributed by atoms with Crippen LogP contribution in [0.15, 0.2) is 12.3 Å². The summed E-state index contributed by atoms with van der Waals surface area (Å²) in [6.45, 7) is 4.57. The van der Waals surface area contributed by atoms with Crippen LogP contribution in [-0.4, -0.2) is 30.8 Å². The lowest BCUT2D eigenvalue weighted by Gasteiger charge is -2.19. The molecule has 0 spiro atoms. The summed E-state index contributed by atoms with van der Waals surface area (Å²) >= 11 is 0. The summed E-state index contributed by atoms with van der Waals surface area (Å²) in [5, 5.41) is 12.6. The van der Waals surface area contributed by atoms with E-state index in [0.717, 1.165) is 12.8 Å². The first-order valence-electron chi connectivity index (χ1n) is 5.31. The highest BCUT2D eigenvalue weighted by atomic mass is 16.5. The SMILES string of the molecule is CCC(CC)C(O)CN/C=C/C(=O)OC. The van der Waals surface area contributed by atoms with E-state index in [1.165, 1.54) is 19.4 Å². The van der Waals surface area contributed by atoms with Crippen molar-refractivity contribution in [2.45, 2.75) is 32.8 Å². The van der Waals surface area contributed by atoms with Gasteiger partial charge in [-0.3, -0.25) is 0 Å². The molecule has 15 heavy (non-hydrogen) atoms. The fourth-order valence-electron chi connectivity index (χ4n) is 1.38. The molecule has 0 aliphatic carbocycles. The van der Waals surface area contributed by atoms with E-state index >= 15 is 0 Å². The number of hydrogen-bond donors (Lipinski definition) is 2. The molecule has 0 aliphatic heterocycles. The fraction of sp³-hybridized carbons (Fsp3) is 0.727. The number of hydrogen-bond acceptors (Lipinski definition) is 4. The summed E-state index contributed by atoms with van der Waals surface area (Å²) in [6.07, 6.45) is 4.33. The lowest BCUT2D eigenvalue weighted by atomic mass is 9.97. The van der Waals surface area contributed by atoms with E-state index in [4.69, 9.17) is 0 Å². The molecule has 0 fully saturated rings. The quantitative estimate of drug-likeness (QED) is 0.492. The van der Waals surface area contributed by atoms with Gasteiger partial charge in [0.1, 0.15) is 0 Å². The second kappa shape index (κ2) is 8.29. The molecular weight excluding hydrogens is 194 g/mol. The van der Waals surface area contributed by atoms with Crippen LogP contribution in [0.3, 0.4) is 0 Å². The van der Waals surface area contributed by atoms with Crippen LogP contribution in [-0.2, 0) is 9.53 Å². The van der Waals surface area contributed by atoms with Crippen LogP contribution in [0.2, 0.25) is 0 Å². The number of carbonyl (C=O) groups excluding carboxylic acids is 1. The largest absolute Gasteiger partial charge is 0.466 e. The molecule has 4 heteroatoms. The van der Waals surface area contributed by atoms with Gasteiger partial charge < -0.3 is 15.2 Å². The van der Waals surface area contributed by atoms with Gasteiger partial charge in [0.2, 0.25) is 0 Å². The highest BCUT2D eigenvalue weighted by Crippen LogP contribution is 2.11. The Kier molecular flexibility index (Phi) is 7.72. The predicted octanol–water partition coefficient (Wildman–Crippen LogP) is 1.06. The lowest BCUT2D eigenvalue weighted by molar-refractivity contribution is -0.134. The van der Waals surface area contributed by atoms with E-state index in [1.807, 2.05) is 0 Å². The molecule has 1 unspecified atom stereocenters. The molecular formula is C11H21NO3. The highest BCUT2D eigenvalue weighted by Gasteiger charge is 2.13. The van der Waals surface area contributed by atoms with Gasteiger partial charge in [0.05, 0.1) is 13.2 Å². The van der Waals surface area contributed by atoms with Gasteiger partial charge in [0.25, 0.3) is 0 Å². The topological polar surface area (TPSA) is 58.6 Å². The van der Waals surface area contributed by atoms with E-state index in [-0.39, 0.29) is 6.10 Å². The molecule has 1 atom stereocenters. The summed E-state index contributed by atoms with van der Waals surface area (Å²) in [6, 6.07) is 0. The van der Waals surface area contributed by atoms with Gasteiger partial charge in [-0.05, 0) is 5.92 Å². The molecule has 0 saturated heterocycles. The van der Waals surface area contributed by atoms with E-state index < -0.39 is 5.97 Å². The summed E-state index contributed by atoms with van der Waals surface area (Å²) in [4.78, 5) is 10.7. The lowest BCUT2D eigenvalue weighted by Crippen LogP contribution is -2.30. The minimum Gasteiger partial charge on any atom is -0.466 e. The Morgan fingerprint density at radius 1 is 1.47 bits per heavy atom. The van der Waals surface area contributed by atoms with Crippen molar-refractivity contribution in [2.75, 3.05) is 13.7 Å². The highest BCUT2D eigenvalue weighted by molar-refractivity contribution is 5.81. The van der Waals surface area contributed by atoms with Crippen molar-refractivity contribution in [3.63, 3.8) is 0 Å². The Hall–Kier alpha value is -1.03. The Morgan fingerprint density at radius 3 is 2.53 bits per heavy atom. The molecule has 0 aromatic rings. The van der Waals surface area contributed by atoms with Crippen molar-refractivity contribution < 1.29 is 14.6 Å². The number of aliphatic hydroxyl groups excluding tert-OH is 1. The standard InChI is InChI=1S/C11H21NO3/c1-4-9(5-2)10(13)8-12-7-6-11(14)15-3/h6-7,9-10,12-13H,4-5,8H2,1-3H3/b7-6+. The minimum atomic E-state index is -0.403. The van der Waals surface area contributed by atoms with E-state index in [2.05, 4.69) is 23.9 Å². The summed E-state index contributed by atoms with van der Waals surface area (Å²) in [5.74, 6) is -0.0939. The van der Waals surface area contributed by atoms with E-state index in [9.17, 15) is 9.90 Å². The van der Waals surface area contributed by atoms with Crippen molar-refractivity contribution in [1.29, 1.82) is 0 Å². The minimum absolute atomic E-state index is 0.309. The maximum absolute atomic E-state index is 10.7. The zero-order valence-corrected chi connectivity index (χ0v) is 9.69. The molecule has 0 rings (SSSR count). The second-order valence-electron chi connectivity index (χ2n) is 3.41. The third kappa shape index (κ3) is 6.12. The average molecular weight is 215 g/mol. The fourth-order valence-corrected chi connectivity index (χ4v) is 1.38. The van der Waals surface area contributed by atoms with Crippen molar-refractivity contribution in [3.8, 4) is 0 Å². The Bertz CT molecular complexity index is 200. The molecule has 0 radical (unpaired) electrons. The van der Waals surface area contributed by atoms with Crippen LogP contribution in [0.1, 0.15) is 26.7 Å². The third-order valence-corrected chi connectivity index (χ3v) is 2.46. The first-order valence-corrected chi connectivity index (χ1v) is 5.31. The van der Waals surface area contributed by atoms with Gasteiger partial charge in [-0.15, -0.1) is 0 Å². The third-order valence-electron chi connectivity index (χ3n) is 2.46. The van der Waals surface area contributed by atoms with Crippen LogP contribution in [0, 0.1) is 5.92 Å². The molecule has 0 saturated carbocycles.